The van der Waals surface area contributed by atoms with Crippen molar-refractivity contribution in [1.82, 2.24) is 15.5 Å². The minimum atomic E-state index is -0.453. The summed E-state index contributed by atoms with van der Waals surface area (Å²) in [5.41, 5.74) is 0.00815. The maximum absolute atomic E-state index is 11.8. The van der Waals surface area contributed by atoms with E-state index in [0.717, 1.165) is 19.4 Å². The zero-order valence-electron chi connectivity index (χ0n) is 12.9. The molecule has 0 unspecified atom stereocenters. The highest BCUT2D eigenvalue weighted by Gasteiger charge is 2.18. The Labute approximate surface area is 134 Å². The number of nitrogens with one attached hydrogen (secondary N) is 2. The first kappa shape index (κ1) is 16.6. The molecule has 0 aliphatic carbocycles. The van der Waals surface area contributed by atoms with Gasteiger partial charge in [-0.05, 0) is 25.0 Å². The lowest BCUT2D eigenvalue weighted by atomic mass is 10.3. The minimum absolute atomic E-state index is 0.00815. The Hall–Kier alpha value is -2.75. The van der Waals surface area contributed by atoms with Crippen molar-refractivity contribution in [2.45, 2.75) is 25.8 Å². The highest BCUT2D eigenvalue weighted by atomic mass is 16.3. The molecule has 23 heavy (non-hydrogen) atoms. The highest BCUT2D eigenvalue weighted by Crippen LogP contribution is 2.09. The molecule has 1 saturated heterocycles. The van der Waals surface area contributed by atoms with Gasteiger partial charge in [0.2, 0.25) is 5.91 Å². The molecule has 0 bridgehead atoms. The molecule has 2 heterocycles. The van der Waals surface area contributed by atoms with Gasteiger partial charge in [-0.25, -0.2) is 0 Å². The summed E-state index contributed by atoms with van der Waals surface area (Å²) >= 11 is 0. The summed E-state index contributed by atoms with van der Waals surface area (Å²) in [5.74, 6) is 0.376. The van der Waals surface area contributed by atoms with Crippen molar-refractivity contribution in [1.29, 1.82) is 5.26 Å². The summed E-state index contributed by atoms with van der Waals surface area (Å²) in [6, 6.07) is 5.34. The number of nitrogens with zero attached hydrogens (tertiary/aromatic N) is 2. The molecule has 7 heteroatoms. The van der Waals surface area contributed by atoms with Crippen LogP contribution in [0.4, 0.5) is 0 Å². The van der Waals surface area contributed by atoms with Crippen LogP contribution in [-0.4, -0.2) is 36.3 Å². The molecule has 0 radical (unpaired) electrons. The van der Waals surface area contributed by atoms with E-state index in [1.807, 2.05) is 11.0 Å². The second kappa shape index (κ2) is 8.63. The summed E-state index contributed by atoms with van der Waals surface area (Å²) in [5, 5.41) is 14.6. The summed E-state index contributed by atoms with van der Waals surface area (Å²) in [6.07, 6.45) is 5.27. The van der Waals surface area contributed by atoms with Crippen LogP contribution >= 0.6 is 0 Å². The van der Waals surface area contributed by atoms with Crippen molar-refractivity contribution >= 4 is 11.8 Å². The predicted molar refractivity (Wildman–Crippen MR) is 82.7 cm³/mol. The highest BCUT2D eigenvalue weighted by molar-refractivity contribution is 5.97. The molecule has 2 N–H and O–H groups in total. The van der Waals surface area contributed by atoms with E-state index in [1.165, 1.54) is 12.5 Å². The fourth-order valence-electron chi connectivity index (χ4n) is 2.31. The quantitative estimate of drug-likeness (QED) is 0.422. The van der Waals surface area contributed by atoms with E-state index in [4.69, 9.17) is 9.68 Å². The molecule has 0 atom stereocenters. The normalized spacial score (nSPS) is 14.7. The second-order valence-electron chi connectivity index (χ2n) is 5.22. The van der Waals surface area contributed by atoms with Crippen LogP contribution < -0.4 is 10.6 Å². The molecule has 1 fully saturated rings. The van der Waals surface area contributed by atoms with Crippen LogP contribution in [0.15, 0.2) is 34.6 Å². The number of hydrogen-bond donors (Lipinski definition) is 2. The monoisotopic (exact) mass is 316 g/mol. The van der Waals surface area contributed by atoms with Gasteiger partial charge in [-0.15, -0.1) is 0 Å². The van der Waals surface area contributed by atoms with Crippen LogP contribution in [0.5, 0.6) is 0 Å². The summed E-state index contributed by atoms with van der Waals surface area (Å²) in [6.45, 7) is 2.36. The molecule has 0 saturated carbocycles. The van der Waals surface area contributed by atoms with E-state index in [0.29, 0.717) is 25.3 Å². The Morgan fingerprint density at radius 2 is 2.39 bits per heavy atom. The maximum atomic E-state index is 11.8. The van der Waals surface area contributed by atoms with E-state index in [-0.39, 0.29) is 18.0 Å². The van der Waals surface area contributed by atoms with Crippen molar-refractivity contribution in [2.75, 3.05) is 19.6 Å². The van der Waals surface area contributed by atoms with Crippen molar-refractivity contribution in [3.05, 3.63) is 35.9 Å². The average Bonchev–Trinajstić information content (AvgIpc) is 3.20. The Balaban J connectivity index is 1.67. The first-order valence-corrected chi connectivity index (χ1v) is 7.62. The third kappa shape index (κ3) is 5.18. The third-order valence-electron chi connectivity index (χ3n) is 3.54. The van der Waals surface area contributed by atoms with Gasteiger partial charge in [0, 0.05) is 32.3 Å². The van der Waals surface area contributed by atoms with Gasteiger partial charge in [0.15, 0.2) is 0 Å². The van der Waals surface area contributed by atoms with Crippen molar-refractivity contribution in [2.24, 2.45) is 0 Å². The van der Waals surface area contributed by atoms with Crippen LogP contribution in [0.3, 0.4) is 0 Å². The van der Waals surface area contributed by atoms with Crippen LogP contribution in [0, 0.1) is 11.3 Å². The van der Waals surface area contributed by atoms with Crippen molar-refractivity contribution in [3.63, 3.8) is 0 Å². The van der Waals surface area contributed by atoms with Crippen LogP contribution in [0.1, 0.15) is 25.0 Å². The van der Waals surface area contributed by atoms with Gasteiger partial charge in [0.25, 0.3) is 5.91 Å². The fourth-order valence-corrected chi connectivity index (χ4v) is 2.31. The molecule has 1 aromatic rings. The number of carbonyl (C=O) groups is 2. The van der Waals surface area contributed by atoms with Crippen molar-refractivity contribution in [3.8, 4) is 6.07 Å². The molecule has 2 amide bonds. The van der Waals surface area contributed by atoms with Gasteiger partial charge in [-0.2, -0.15) is 5.26 Å². The smallest absolute Gasteiger partial charge is 0.263 e. The number of rotatable bonds is 8. The molecule has 0 aromatic carbocycles. The fraction of sp³-hybridized carbons (Fsp3) is 0.438. The summed E-state index contributed by atoms with van der Waals surface area (Å²) < 4.78 is 5.10. The Kier molecular flexibility index (Phi) is 6.24. The molecular formula is C16H20N4O3. The molecule has 7 nitrogen and oxygen atoms in total. The van der Waals surface area contributed by atoms with Gasteiger partial charge >= 0.3 is 0 Å². The van der Waals surface area contributed by atoms with E-state index >= 15 is 0 Å². The van der Waals surface area contributed by atoms with Crippen LogP contribution in [0.2, 0.25) is 0 Å². The lowest BCUT2D eigenvalue weighted by Crippen LogP contribution is -2.28. The first-order chi connectivity index (χ1) is 11.2. The van der Waals surface area contributed by atoms with Crippen LogP contribution in [0.25, 0.3) is 0 Å². The number of amides is 2. The number of furan rings is 1. The van der Waals surface area contributed by atoms with E-state index in [9.17, 15) is 9.59 Å². The minimum Gasteiger partial charge on any atom is -0.467 e. The van der Waals surface area contributed by atoms with E-state index in [1.54, 1.807) is 12.1 Å². The second-order valence-corrected chi connectivity index (χ2v) is 5.22. The number of nitriles is 1. The van der Waals surface area contributed by atoms with Gasteiger partial charge < -0.3 is 20.0 Å². The van der Waals surface area contributed by atoms with Gasteiger partial charge in [0.1, 0.15) is 17.4 Å². The van der Waals surface area contributed by atoms with Gasteiger partial charge in [-0.3, -0.25) is 9.59 Å². The molecule has 0 spiro atoms. The molecule has 1 aliphatic heterocycles. The Bertz CT molecular complexity index is 601. The molecule has 2 rings (SSSR count). The first-order valence-electron chi connectivity index (χ1n) is 7.62. The maximum Gasteiger partial charge on any atom is 0.263 e. The lowest BCUT2D eigenvalue weighted by Gasteiger charge is -2.14. The summed E-state index contributed by atoms with van der Waals surface area (Å²) in [4.78, 5) is 25.1. The zero-order chi connectivity index (χ0) is 16.5. The lowest BCUT2D eigenvalue weighted by molar-refractivity contribution is -0.127. The predicted octanol–water partition coefficient (Wildman–Crippen LogP) is 0.905. The average molecular weight is 316 g/mol. The van der Waals surface area contributed by atoms with E-state index < -0.39 is 5.91 Å². The Morgan fingerprint density at radius 3 is 3.04 bits per heavy atom. The number of carbonyl (C=O) groups excluding carboxylic acids is 2. The standard InChI is InChI=1S/C16H20N4O3/c17-10-13(16(22)19-12-14-4-2-9-23-14)11-18-6-3-8-20-7-1-5-15(20)21/h2,4,9,11,18H,1,3,5-8,12H2,(H,19,22)/b13-11-. The molecular weight excluding hydrogens is 296 g/mol. The third-order valence-corrected chi connectivity index (χ3v) is 3.54. The summed E-state index contributed by atoms with van der Waals surface area (Å²) in [7, 11) is 0. The van der Waals surface area contributed by atoms with Gasteiger partial charge in [-0.1, -0.05) is 0 Å². The van der Waals surface area contributed by atoms with Crippen LogP contribution in [-0.2, 0) is 16.1 Å². The number of likely N-dealkylation sites (tertiary alicyclic amines) is 1. The topological polar surface area (TPSA) is 98.4 Å². The molecule has 1 aliphatic rings. The largest absolute Gasteiger partial charge is 0.467 e. The van der Waals surface area contributed by atoms with E-state index in [2.05, 4.69) is 10.6 Å². The SMILES string of the molecule is N#C/C(=C/NCCCN1CCCC1=O)C(=O)NCc1ccco1. The Morgan fingerprint density at radius 1 is 1.52 bits per heavy atom. The van der Waals surface area contributed by atoms with Crippen molar-refractivity contribution < 1.29 is 14.0 Å². The van der Waals surface area contributed by atoms with Gasteiger partial charge in [0.05, 0.1) is 12.8 Å². The molecule has 122 valence electrons. The number of hydrogen-bond acceptors (Lipinski definition) is 5. The zero-order valence-corrected chi connectivity index (χ0v) is 12.9. The molecule has 1 aromatic heterocycles.